The van der Waals surface area contributed by atoms with Crippen molar-refractivity contribution in [2.75, 3.05) is 44.3 Å². The second kappa shape index (κ2) is 9.35. The molecule has 0 aliphatic carbocycles. The van der Waals surface area contributed by atoms with E-state index in [1.165, 1.54) is 0 Å². The predicted molar refractivity (Wildman–Crippen MR) is 128 cm³/mol. The third-order valence-electron chi connectivity index (χ3n) is 6.71. The number of phenols is 1. The van der Waals surface area contributed by atoms with Crippen LogP contribution < -0.4 is 4.90 Å². The van der Waals surface area contributed by atoms with Gasteiger partial charge in [-0.1, -0.05) is 18.2 Å². The Hall–Kier alpha value is -3.19. The number of aromatic nitrogens is 2. The average Bonchev–Trinajstić information content (AvgIpc) is 2.84. The third-order valence-corrected chi connectivity index (χ3v) is 6.71. The van der Waals surface area contributed by atoms with Crippen molar-refractivity contribution in [3.63, 3.8) is 0 Å². The minimum atomic E-state index is 0.166. The number of amides is 1. The fourth-order valence-electron chi connectivity index (χ4n) is 4.74. The van der Waals surface area contributed by atoms with Crippen molar-refractivity contribution in [1.29, 1.82) is 0 Å². The summed E-state index contributed by atoms with van der Waals surface area (Å²) in [5.74, 6) is 2.23. The van der Waals surface area contributed by atoms with Gasteiger partial charge in [0.1, 0.15) is 11.6 Å². The van der Waals surface area contributed by atoms with Gasteiger partial charge in [0, 0.05) is 51.2 Å². The maximum Gasteiger partial charge on any atom is 0.222 e. The van der Waals surface area contributed by atoms with Gasteiger partial charge < -0.3 is 19.6 Å². The highest BCUT2D eigenvalue weighted by Gasteiger charge is 2.26. The molecule has 7 heteroatoms. The Kier molecular flexibility index (Phi) is 6.13. The zero-order chi connectivity index (χ0) is 22.8. The summed E-state index contributed by atoms with van der Waals surface area (Å²) in [6.07, 6.45) is 2.58. The number of anilines is 1. The first-order valence-corrected chi connectivity index (χ1v) is 11.8. The number of ether oxygens (including phenoxy) is 1. The molecule has 2 aliphatic rings. The van der Waals surface area contributed by atoms with E-state index < -0.39 is 0 Å². The molecule has 3 heterocycles. The summed E-state index contributed by atoms with van der Waals surface area (Å²) >= 11 is 0. The molecular weight excluding hydrogens is 416 g/mol. The molecule has 3 aromatic rings. The highest BCUT2D eigenvalue weighted by Crippen LogP contribution is 2.32. The highest BCUT2D eigenvalue weighted by atomic mass is 16.5. The van der Waals surface area contributed by atoms with Gasteiger partial charge in [-0.3, -0.25) is 4.79 Å². The van der Waals surface area contributed by atoms with Crippen molar-refractivity contribution in [3.8, 4) is 17.1 Å². The quantitative estimate of drug-likeness (QED) is 0.657. The molecule has 2 aliphatic heterocycles. The van der Waals surface area contributed by atoms with Gasteiger partial charge in [-0.15, -0.1) is 0 Å². The van der Waals surface area contributed by atoms with Crippen LogP contribution in [0.25, 0.3) is 22.3 Å². The van der Waals surface area contributed by atoms with Crippen LogP contribution in [-0.2, 0) is 9.53 Å². The van der Waals surface area contributed by atoms with Gasteiger partial charge in [0.15, 0.2) is 5.82 Å². The van der Waals surface area contributed by atoms with E-state index in [4.69, 9.17) is 14.7 Å². The Morgan fingerprint density at radius 2 is 1.82 bits per heavy atom. The molecule has 1 amide bonds. The topological polar surface area (TPSA) is 78.8 Å². The molecule has 0 atom stereocenters. The largest absolute Gasteiger partial charge is 0.507 e. The van der Waals surface area contributed by atoms with E-state index in [0.29, 0.717) is 36.8 Å². The molecule has 2 fully saturated rings. The van der Waals surface area contributed by atoms with E-state index in [2.05, 4.69) is 23.1 Å². The molecule has 0 radical (unpaired) electrons. The summed E-state index contributed by atoms with van der Waals surface area (Å²) in [5.41, 5.74) is 2.60. The summed E-state index contributed by atoms with van der Waals surface area (Å²) < 4.78 is 5.42. The van der Waals surface area contributed by atoms with Gasteiger partial charge in [0.25, 0.3) is 0 Å². The van der Waals surface area contributed by atoms with E-state index in [9.17, 15) is 9.90 Å². The lowest BCUT2D eigenvalue weighted by Crippen LogP contribution is -2.49. The minimum Gasteiger partial charge on any atom is -0.507 e. The fourth-order valence-corrected chi connectivity index (χ4v) is 4.74. The van der Waals surface area contributed by atoms with E-state index in [1.807, 2.05) is 24.0 Å². The Morgan fingerprint density at radius 1 is 1.06 bits per heavy atom. The lowest BCUT2D eigenvalue weighted by atomic mass is 9.96. The summed E-state index contributed by atoms with van der Waals surface area (Å²) in [7, 11) is 0. The van der Waals surface area contributed by atoms with Crippen LogP contribution in [0.2, 0.25) is 0 Å². The number of benzene rings is 2. The molecule has 1 aromatic heterocycles. The maximum atomic E-state index is 12.8. The molecule has 0 spiro atoms. The number of hydrogen-bond acceptors (Lipinski definition) is 6. The number of para-hydroxylation sites is 1. The minimum absolute atomic E-state index is 0.166. The van der Waals surface area contributed by atoms with E-state index in [1.54, 1.807) is 12.1 Å². The number of piperazine rings is 1. The number of carbonyl (C=O) groups is 1. The Balaban J connectivity index is 1.38. The predicted octanol–water partition coefficient (Wildman–Crippen LogP) is 3.78. The van der Waals surface area contributed by atoms with Crippen LogP contribution in [0.1, 0.15) is 24.8 Å². The van der Waals surface area contributed by atoms with Crippen molar-refractivity contribution in [1.82, 2.24) is 14.9 Å². The number of aryl methyl sites for hydroxylation is 1. The maximum absolute atomic E-state index is 12.8. The van der Waals surface area contributed by atoms with Crippen LogP contribution in [0, 0.1) is 12.8 Å². The number of phenolic OH excluding ortho intramolecular Hbond substituents is 1. The molecule has 0 saturated carbocycles. The van der Waals surface area contributed by atoms with Gasteiger partial charge in [0.2, 0.25) is 5.91 Å². The molecule has 1 N–H and O–H groups in total. The van der Waals surface area contributed by atoms with Crippen LogP contribution in [0.3, 0.4) is 0 Å². The molecular formula is C26H30N4O3. The van der Waals surface area contributed by atoms with Crippen LogP contribution in [-0.4, -0.2) is 65.3 Å². The lowest BCUT2D eigenvalue weighted by molar-refractivity contribution is -0.133. The first-order valence-electron chi connectivity index (χ1n) is 11.8. The highest BCUT2D eigenvalue weighted by molar-refractivity contribution is 5.92. The first kappa shape index (κ1) is 21.6. The number of hydrogen-bond donors (Lipinski definition) is 1. The SMILES string of the molecule is Cc1ccc2c(N3CCN(C(=O)CC4CCOCC4)CC3)nc(-c3ccccc3O)nc2c1. The molecule has 33 heavy (non-hydrogen) atoms. The molecule has 172 valence electrons. The number of rotatable bonds is 4. The zero-order valence-corrected chi connectivity index (χ0v) is 19.0. The third kappa shape index (κ3) is 4.64. The lowest BCUT2D eigenvalue weighted by Gasteiger charge is -2.36. The number of aromatic hydroxyl groups is 1. The fraction of sp³-hybridized carbons (Fsp3) is 0.423. The Labute approximate surface area is 194 Å². The summed E-state index contributed by atoms with van der Waals surface area (Å²) in [5, 5.41) is 11.4. The summed E-state index contributed by atoms with van der Waals surface area (Å²) in [6.45, 7) is 6.40. The molecule has 2 saturated heterocycles. The van der Waals surface area contributed by atoms with Gasteiger partial charge in [-0.05, 0) is 55.5 Å². The van der Waals surface area contributed by atoms with E-state index in [-0.39, 0.29) is 11.7 Å². The van der Waals surface area contributed by atoms with Gasteiger partial charge in [0.05, 0.1) is 11.1 Å². The number of nitrogens with zero attached hydrogens (tertiary/aromatic N) is 4. The smallest absolute Gasteiger partial charge is 0.222 e. The number of fused-ring (bicyclic) bond motifs is 1. The molecule has 5 rings (SSSR count). The van der Waals surface area contributed by atoms with Crippen molar-refractivity contribution >= 4 is 22.6 Å². The summed E-state index contributed by atoms with van der Waals surface area (Å²) in [4.78, 5) is 26.7. The summed E-state index contributed by atoms with van der Waals surface area (Å²) in [6, 6.07) is 13.4. The zero-order valence-electron chi connectivity index (χ0n) is 19.0. The first-order chi connectivity index (χ1) is 16.1. The van der Waals surface area contributed by atoms with Gasteiger partial charge >= 0.3 is 0 Å². The van der Waals surface area contributed by atoms with Crippen LogP contribution in [0.4, 0.5) is 5.82 Å². The van der Waals surface area contributed by atoms with Crippen LogP contribution >= 0.6 is 0 Å². The second-order valence-electron chi connectivity index (χ2n) is 9.04. The molecule has 0 unspecified atom stereocenters. The monoisotopic (exact) mass is 446 g/mol. The Morgan fingerprint density at radius 3 is 2.58 bits per heavy atom. The van der Waals surface area contributed by atoms with Crippen molar-refractivity contribution in [2.45, 2.75) is 26.2 Å². The van der Waals surface area contributed by atoms with Crippen LogP contribution in [0.15, 0.2) is 42.5 Å². The normalized spacial score (nSPS) is 17.5. The van der Waals surface area contributed by atoms with E-state index >= 15 is 0 Å². The molecule has 2 aromatic carbocycles. The van der Waals surface area contributed by atoms with Crippen LogP contribution in [0.5, 0.6) is 5.75 Å². The average molecular weight is 447 g/mol. The van der Waals surface area contributed by atoms with Crippen molar-refractivity contribution < 1.29 is 14.6 Å². The van der Waals surface area contributed by atoms with Gasteiger partial charge in [-0.2, -0.15) is 0 Å². The van der Waals surface area contributed by atoms with Gasteiger partial charge in [-0.25, -0.2) is 9.97 Å². The standard InChI is InChI=1S/C26H30N4O3/c1-18-6-7-20-22(16-18)27-25(21-4-2-3-5-23(21)31)28-26(20)30-12-10-29(11-13-30)24(32)17-19-8-14-33-15-9-19/h2-7,16,19,31H,8-15,17H2,1H3. The van der Waals surface area contributed by atoms with Crippen molar-refractivity contribution in [3.05, 3.63) is 48.0 Å². The van der Waals surface area contributed by atoms with E-state index in [0.717, 1.165) is 61.4 Å². The number of carbonyl (C=O) groups excluding carboxylic acids is 1. The molecule has 0 bridgehead atoms. The molecule has 7 nitrogen and oxygen atoms in total. The van der Waals surface area contributed by atoms with Crippen molar-refractivity contribution in [2.24, 2.45) is 5.92 Å². The second-order valence-corrected chi connectivity index (χ2v) is 9.04. The Bertz CT molecular complexity index is 1150.